The fourth-order valence-electron chi connectivity index (χ4n) is 6.71. The van der Waals surface area contributed by atoms with Crippen LogP contribution in [0.5, 0.6) is 0 Å². The Balaban J connectivity index is 1.66. The zero-order valence-corrected chi connectivity index (χ0v) is 22.7. The number of hydrogen-bond acceptors (Lipinski definition) is 5. The van der Waals surface area contributed by atoms with E-state index in [9.17, 15) is 9.59 Å². The second-order valence-electron chi connectivity index (χ2n) is 10.2. The standard InChI is InChI=1S/C35H32O5/c1-3-38-32(36)27(33(37)39-4-2)23-31-26-19-11-12-20-28(26)34(24-15-7-5-8-16-24)29-21-13-14-22-30(29)35(31,40-34)25-17-9-6-10-18-25/h5-22,27,31H,3-4,23H2,1-2H3. The second kappa shape index (κ2) is 10.4. The first-order chi connectivity index (χ1) is 19.6. The van der Waals surface area contributed by atoms with Gasteiger partial charge in [-0.1, -0.05) is 109 Å². The van der Waals surface area contributed by atoms with Gasteiger partial charge in [0.05, 0.1) is 13.2 Å². The number of carbonyl (C=O) groups is 2. The van der Waals surface area contributed by atoms with Crippen LogP contribution in [0, 0.1) is 5.92 Å². The molecule has 0 amide bonds. The summed E-state index contributed by atoms with van der Waals surface area (Å²) in [6, 6.07) is 37.0. The summed E-state index contributed by atoms with van der Waals surface area (Å²) < 4.78 is 18.3. The van der Waals surface area contributed by atoms with E-state index in [4.69, 9.17) is 14.2 Å². The van der Waals surface area contributed by atoms with E-state index in [1.54, 1.807) is 13.8 Å². The molecule has 0 fully saturated rings. The van der Waals surface area contributed by atoms with Gasteiger partial charge in [-0.2, -0.15) is 0 Å². The number of carbonyl (C=O) groups excluding carboxylic acids is 2. The van der Waals surface area contributed by atoms with Crippen LogP contribution in [0.2, 0.25) is 0 Å². The Morgan fingerprint density at radius 2 is 1.18 bits per heavy atom. The van der Waals surface area contributed by atoms with Crippen LogP contribution in [0.15, 0.2) is 109 Å². The molecule has 2 aliphatic rings. The molecule has 2 aliphatic heterocycles. The van der Waals surface area contributed by atoms with Gasteiger partial charge in [0.15, 0.2) is 5.92 Å². The summed E-state index contributed by atoms with van der Waals surface area (Å²) >= 11 is 0. The topological polar surface area (TPSA) is 61.8 Å². The van der Waals surface area contributed by atoms with Crippen molar-refractivity contribution >= 4 is 11.9 Å². The van der Waals surface area contributed by atoms with Crippen molar-refractivity contribution in [2.45, 2.75) is 37.4 Å². The van der Waals surface area contributed by atoms with E-state index in [-0.39, 0.29) is 25.6 Å². The van der Waals surface area contributed by atoms with Crippen LogP contribution in [0.1, 0.15) is 59.6 Å². The SMILES string of the molecule is CCOC(=O)C(CC1c2ccccc2C2(c3ccccc3)OC1(c1ccccc1)c1ccccc12)C(=O)OCC. The van der Waals surface area contributed by atoms with E-state index in [0.29, 0.717) is 0 Å². The minimum Gasteiger partial charge on any atom is -0.465 e. The molecule has 40 heavy (non-hydrogen) atoms. The maximum absolute atomic E-state index is 13.3. The molecule has 0 aliphatic carbocycles. The summed E-state index contributed by atoms with van der Waals surface area (Å²) in [6.45, 7) is 3.84. The molecule has 0 saturated carbocycles. The Morgan fingerprint density at radius 3 is 1.77 bits per heavy atom. The fraction of sp³-hybridized carbons (Fsp3) is 0.257. The first-order valence-electron chi connectivity index (χ1n) is 13.9. The molecule has 0 saturated heterocycles. The lowest BCUT2D eigenvalue weighted by molar-refractivity contribution is -0.164. The normalized spacial score (nSPS) is 22.3. The molecule has 0 N–H and O–H groups in total. The zero-order valence-electron chi connectivity index (χ0n) is 22.7. The fourth-order valence-corrected chi connectivity index (χ4v) is 6.71. The minimum absolute atomic E-state index is 0.169. The van der Waals surface area contributed by atoms with Crippen LogP contribution in [0.25, 0.3) is 0 Å². The monoisotopic (exact) mass is 532 g/mol. The number of fused-ring (bicyclic) bond motifs is 7. The molecule has 5 heteroatoms. The number of esters is 2. The minimum atomic E-state index is -1.10. The van der Waals surface area contributed by atoms with Gasteiger partial charge in [-0.25, -0.2) is 0 Å². The summed E-state index contributed by atoms with van der Waals surface area (Å²) in [5.41, 5.74) is 4.28. The van der Waals surface area contributed by atoms with Crippen molar-refractivity contribution in [3.63, 3.8) is 0 Å². The van der Waals surface area contributed by atoms with E-state index >= 15 is 0 Å². The van der Waals surface area contributed by atoms with Gasteiger partial charge in [0.1, 0.15) is 11.2 Å². The third-order valence-corrected chi connectivity index (χ3v) is 8.22. The maximum atomic E-state index is 13.3. The number of rotatable bonds is 8. The zero-order chi connectivity index (χ0) is 27.7. The maximum Gasteiger partial charge on any atom is 0.320 e. The average molecular weight is 533 g/mol. The van der Waals surface area contributed by atoms with Crippen LogP contribution in [-0.4, -0.2) is 25.2 Å². The summed E-state index contributed by atoms with van der Waals surface area (Å²) in [5, 5.41) is 0. The summed E-state index contributed by atoms with van der Waals surface area (Å²) in [6.07, 6.45) is 0.169. The van der Waals surface area contributed by atoms with Crippen LogP contribution >= 0.6 is 0 Å². The lowest BCUT2D eigenvalue weighted by atomic mass is 9.68. The molecule has 3 atom stereocenters. The molecule has 0 spiro atoms. The van der Waals surface area contributed by atoms with Gasteiger partial charge in [0, 0.05) is 5.92 Å². The van der Waals surface area contributed by atoms with E-state index in [2.05, 4.69) is 48.5 Å². The number of ether oxygens (including phenoxy) is 3. The summed E-state index contributed by atoms with van der Waals surface area (Å²) in [4.78, 5) is 26.5. The Kier molecular flexibility index (Phi) is 6.77. The van der Waals surface area contributed by atoms with E-state index in [1.807, 2.05) is 60.7 Å². The lowest BCUT2D eigenvalue weighted by Crippen LogP contribution is -2.46. The third kappa shape index (κ3) is 3.80. The molecular formula is C35H32O5. The smallest absolute Gasteiger partial charge is 0.320 e. The van der Waals surface area contributed by atoms with Crippen LogP contribution in [-0.2, 0) is 35.0 Å². The molecule has 0 radical (unpaired) electrons. The largest absolute Gasteiger partial charge is 0.465 e. The predicted octanol–water partition coefficient (Wildman–Crippen LogP) is 6.48. The van der Waals surface area contributed by atoms with E-state index < -0.39 is 29.1 Å². The van der Waals surface area contributed by atoms with Gasteiger partial charge in [-0.05, 0) is 53.6 Å². The number of benzene rings is 4. The highest BCUT2D eigenvalue weighted by Gasteiger charge is 2.64. The van der Waals surface area contributed by atoms with Crippen LogP contribution in [0.4, 0.5) is 0 Å². The molecule has 6 rings (SSSR count). The van der Waals surface area contributed by atoms with Gasteiger partial charge in [0.25, 0.3) is 0 Å². The number of hydrogen-bond donors (Lipinski definition) is 0. The second-order valence-corrected chi connectivity index (χ2v) is 10.2. The van der Waals surface area contributed by atoms with E-state index in [0.717, 1.165) is 33.4 Å². The Bertz CT molecular complexity index is 1510. The molecular weight excluding hydrogens is 500 g/mol. The van der Waals surface area contributed by atoms with Crippen molar-refractivity contribution in [1.29, 1.82) is 0 Å². The highest BCUT2D eigenvalue weighted by Crippen LogP contribution is 2.66. The molecule has 5 nitrogen and oxygen atoms in total. The Labute approximate surface area is 234 Å². The molecule has 3 unspecified atom stereocenters. The van der Waals surface area contributed by atoms with Crippen molar-refractivity contribution in [3.8, 4) is 0 Å². The van der Waals surface area contributed by atoms with E-state index in [1.165, 1.54) is 0 Å². The highest BCUT2D eigenvalue weighted by molar-refractivity contribution is 5.95. The summed E-state index contributed by atoms with van der Waals surface area (Å²) in [5.74, 6) is -2.63. The average Bonchev–Trinajstić information content (AvgIpc) is 3.28. The molecule has 2 bridgehead atoms. The lowest BCUT2D eigenvalue weighted by Gasteiger charge is -2.48. The van der Waals surface area contributed by atoms with Crippen LogP contribution < -0.4 is 0 Å². The molecule has 4 aromatic rings. The predicted molar refractivity (Wildman–Crippen MR) is 152 cm³/mol. The first kappa shape index (κ1) is 26.0. The van der Waals surface area contributed by atoms with Gasteiger partial charge in [0.2, 0.25) is 0 Å². The van der Waals surface area contributed by atoms with Crippen LogP contribution in [0.3, 0.4) is 0 Å². The van der Waals surface area contributed by atoms with Gasteiger partial charge >= 0.3 is 11.9 Å². The molecule has 0 aromatic heterocycles. The Hall–Kier alpha value is -4.22. The summed E-state index contributed by atoms with van der Waals surface area (Å²) in [7, 11) is 0. The molecule has 4 aromatic carbocycles. The molecule has 202 valence electrons. The van der Waals surface area contributed by atoms with Gasteiger partial charge in [-0.3, -0.25) is 9.59 Å². The quantitative estimate of drug-likeness (QED) is 0.192. The van der Waals surface area contributed by atoms with Crippen molar-refractivity contribution < 1.29 is 23.8 Å². The van der Waals surface area contributed by atoms with Gasteiger partial charge < -0.3 is 14.2 Å². The first-order valence-corrected chi connectivity index (χ1v) is 13.9. The third-order valence-electron chi connectivity index (χ3n) is 8.22. The molecule has 2 heterocycles. The van der Waals surface area contributed by atoms with Crippen molar-refractivity contribution in [1.82, 2.24) is 0 Å². The Morgan fingerprint density at radius 1 is 0.675 bits per heavy atom. The highest BCUT2D eigenvalue weighted by atomic mass is 16.6. The van der Waals surface area contributed by atoms with Crippen molar-refractivity contribution in [2.24, 2.45) is 5.92 Å². The van der Waals surface area contributed by atoms with Crippen molar-refractivity contribution in [3.05, 3.63) is 143 Å². The van der Waals surface area contributed by atoms with Crippen molar-refractivity contribution in [2.75, 3.05) is 13.2 Å². The van der Waals surface area contributed by atoms with Gasteiger partial charge in [-0.15, -0.1) is 0 Å².